The van der Waals surface area contributed by atoms with Crippen molar-refractivity contribution in [2.75, 3.05) is 20.3 Å². The lowest BCUT2D eigenvalue weighted by atomic mass is 10.2. The Labute approximate surface area is 240 Å². The summed E-state index contributed by atoms with van der Waals surface area (Å²) in [4.78, 5) is 12.6. The van der Waals surface area contributed by atoms with Gasteiger partial charge < -0.3 is 18.9 Å². The Balaban J connectivity index is 1.69. The molecule has 1 N–H and O–H groups in total. The number of rotatable bonds is 12. The van der Waals surface area contributed by atoms with Gasteiger partial charge in [0.15, 0.2) is 23.0 Å². The highest BCUT2D eigenvalue weighted by molar-refractivity contribution is 14.1. The topological polar surface area (TPSA) is 78.4 Å². The molecular weight excluding hydrogens is 630 g/mol. The fourth-order valence-corrected chi connectivity index (χ4v) is 4.47. The highest BCUT2D eigenvalue weighted by Crippen LogP contribution is 2.35. The van der Waals surface area contributed by atoms with Gasteiger partial charge in [-0.2, -0.15) is 5.10 Å². The quantitative estimate of drug-likeness (QED) is 0.127. The molecule has 0 saturated heterocycles. The maximum Gasteiger partial charge on any atom is 0.271 e. The van der Waals surface area contributed by atoms with Crippen molar-refractivity contribution in [3.8, 4) is 23.0 Å². The minimum absolute atomic E-state index is 0.248. The van der Waals surface area contributed by atoms with Gasteiger partial charge in [0.25, 0.3) is 5.91 Å². The first-order valence-electron chi connectivity index (χ1n) is 11.5. The largest absolute Gasteiger partial charge is 0.493 e. The molecule has 0 aliphatic heterocycles. The fourth-order valence-electron chi connectivity index (χ4n) is 3.22. The molecular formula is C27H27Cl2IN2O5. The minimum Gasteiger partial charge on any atom is -0.493 e. The van der Waals surface area contributed by atoms with E-state index in [9.17, 15) is 4.79 Å². The molecule has 0 unspecified atom stereocenters. The van der Waals surface area contributed by atoms with Crippen molar-refractivity contribution in [2.45, 2.75) is 26.9 Å². The second kappa shape index (κ2) is 14.3. The van der Waals surface area contributed by atoms with Crippen LogP contribution < -0.4 is 24.4 Å². The zero-order chi connectivity index (χ0) is 26.8. The van der Waals surface area contributed by atoms with Gasteiger partial charge in [0.05, 0.1) is 30.1 Å². The van der Waals surface area contributed by atoms with Gasteiger partial charge >= 0.3 is 0 Å². The van der Waals surface area contributed by atoms with E-state index >= 15 is 0 Å². The predicted molar refractivity (Wildman–Crippen MR) is 155 cm³/mol. The van der Waals surface area contributed by atoms with Crippen LogP contribution in [-0.2, 0) is 6.61 Å². The van der Waals surface area contributed by atoms with Gasteiger partial charge in [-0.15, -0.1) is 0 Å². The van der Waals surface area contributed by atoms with E-state index < -0.39 is 0 Å². The van der Waals surface area contributed by atoms with Gasteiger partial charge in [0.1, 0.15) is 6.61 Å². The number of ether oxygens (including phenoxy) is 4. The second-order valence-electron chi connectivity index (χ2n) is 7.70. The number of halogens is 3. The summed E-state index contributed by atoms with van der Waals surface area (Å²) in [6.07, 6.45) is 2.40. The van der Waals surface area contributed by atoms with E-state index in [2.05, 4.69) is 33.1 Å². The van der Waals surface area contributed by atoms with Gasteiger partial charge in [-0.25, -0.2) is 5.43 Å². The summed E-state index contributed by atoms with van der Waals surface area (Å²) in [5.74, 6) is 1.84. The summed E-state index contributed by atoms with van der Waals surface area (Å²) < 4.78 is 23.6. The fraction of sp³-hybridized carbons (Fsp3) is 0.259. The molecule has 0 aromatic heterocycles. The van der Waals surface area contributed by atoms with Crippen LogP contribution >= 0.6 is 45.8 Å². The smallest absolute Gasteiger partial charge is 0.271 e. The molecule has 196 valence electrons. The van der Waals surface area contributed by atoms with E-state index in [0.717, 1.165) is 21.1 Å². The molecule has 37 heavy (non-hydrogen) atoms. The van der Waals surface area contributed by atoms with Crippen LogP contribution in [0.5, 0.6) is 23.0 Å². The van der Waals surface area contributed by atoms with Crippen molar-refractivity contribution in [1.82, 2.24) is 5.43 Å². The Bertz CT molecular complexity index is 1270. The molecule has 0 atom stereocenters. The molecule has 0 aliphatic rings. The Hall–Kier alpha value is -2.69. The van der Waals surface area contributed by atoms with E-state index in [0.29, 0.717) is 51.8 Å². The first-order valence-corrected chi connectivity index (χ1v) is 13.4. The van der Waals surface area contributed by atoms with Gasteiger partial charge in [0.2, 0.25) is 0 Å². The van der Waals surface area contributed by atoms with Crippen LogP contribution in [0.4, 0.5) is 0 Å². The van der Waals surface area contributed by atoms with Crippen molar-refractivity contribution < 1.29 is 23.7 Å². The number of hydrazone groups is 1. The Morgan fingerprint density at radius 1 is 1.00 bits per heavy atom. The number of methoxy groups -OCH3 is 1. The third-order valence-corrected chi connectivity index (χ3v) is 6.37. The van der Waals surface area contributed by atoms with Gasteiger partial charge in [0, 0.05) is 21.2 Å². The van der Waals surface area contributed by atoms with Gasteiger partial charge in [-0.3, -0.25) is 4.79 Å². The highest BCUT2D eigenvalue weighted by Gasteiger charge is 2.14. The lowest BCUT2D eigenvalue weighted by Crippen LogP contribution is -2.17. The summed E-state index contributed by atoms with van der Waals surface area (Å²) in [6.45, 7) is 5.17. The zero-order valence-corrected chi connectivity index (χ0v) is 24.3. The minimum atomic E-state index is -0.374. The van der Waals surface area contributed by atoms with E-state index in [1.54, 1.807) is 43.5 Å². The van der Waals surface area contributed by atoms with Crippen LogP contribution in [0, 0.1) is 3.57 Å². The Morgan fingerprint density at radius 2 is 1.81 bits per heavy atom. The first-order chi connectivity index (χ1) is 17.9. The third-order valence-electron chi connectivity index (χ3n) is 4.99. The van der Waals surface area contributed by atoms with Crippen molar-refractivity contribution >= 4 is 57.9 Å². The lowest BCUT2D eigenvalue weighted by molar-refractivity contribution is 0.0954. The third kappa shape index (κ3) is 8.15. The SMILES string of the molecule is CCCOc1ccc(C(=O)N/N=C/c2cc(I)c(OCc3ccc(Cl)cc3Cl)c(OC)c2)cc1OCC. The average molecular weight is 657 g/mol. The van der Waals surface area contributed by atoms with E-state index in [4.69, 9.17) is 42.1 Å². The molecule has 7 nitrogen and oxygen atoms in total. The lowest BCUT2D eigenvalue weighted by Gasteiger charge is -2.14. The Morgan fingerprint density at radius 3 is 2.51 bits per heavy atom. The number of amides is 1. The molecule has 3 rings (SSSR count). The van der Waals surface area contributed by atoms with Crippen LogP contribution in [-0.4, -0.2) is 32.4 Å². The molecule has 3 aromatic rings. The van der Waals surface area contributed by atoms with Crippen molar-refractivity contribution in [2.24, 2.45) is 5.10 Å². The molecule has 0 radical (unpaired) electrons. The molecule has 0 heterocycles. The number of nitrogens with zero attached hydrogens (tertiary/aromatic N) is 1. The molecule has 1 amide bonds. The number of nitrogens with one attached hydrogen (secondary N) is 1. The van der Waals surface area contributed by atoms with Crippen molar-refractivity contribution in [1.29, 1.82) is 0 Å². The monoisotopic (exact) mass is 656 g/mol. The maximum atomic E-state index is 12.6. The van der Waals surface area contributed by atoms with E-state index in [-0.39, 0.29) is 12.5 Å². The zero-order valence-electron chi connectivity index (χ0n) is 20.6. The molecule has 0 spiro atoms. The summed E-state index contributed by atoms with van der Waals surface area (Å²) >= 11 is 14.4. The van der Waals surface area contributed by atoms with Gasteiger partial charge in [-0.05, 0) is 84.0 Å². The summed E-state index contributed by atoms with van der Waals surface area (Å²) in [5.41, 5.74) is 4.47. The predicted octanol–water partition coefficient (Wildman–Crippen LogP) is 7.14. The summed E-state index contributed by atoms with van der Waals surface area (Å²) in [5, 5.41) is 5.18. The number of benzene rings is 3. The molecule has 0 bridgehead atoms. The number of hydrogen-bond acceptors (Lipinski definition) is 6. The molecule has 0 fully saturated rings. The summed E-state index contributed by atoms with van der Waals surface area (Å²) in [7, 11) is 1.56. The van der Waals surface area contributed by atoms with Gasteiger partial charge in [-0.1, -0.05) is 36.2 Å². The van der Waals surface area contributed by atoms with E-state index in [1.165, 1.54) is 6.21 Å². The molecule has 0 saturated carbocycles. The first kappa shape index (κ1) is 28.9. The number of carbonyl (C=O) groups excluding carboxylic acids is 1. The molecule has 3 aromatic carbocycles. The summed E-state index contributed by atoms with van der Waals surface area (Å²) in [6, 6.07) is 13.9. The van der Waals surface area contributed by atoms with Crippen molar-refractivity contribution in [3.05, 3.63) is 78.8 Å². The molecule has 10 heteroatoms. The second-order valence-corrected chi connectivity index (χ2v) is 9.71. The average Bonchev–Trinajstić information content (AvgIpc) is 2.88. The van der Waals surface area contributed by atoms with Crippen LogP contribution in [0.3, 0.4) is 0 Å². The van der Waals surface area contributed by atoms with Crippen LogP contribution in [0.25, 0.3) is 0 Å². The van der Waals surface area contributed by atoms with Crippen molar-refractivity contribution in [3.63, 3.8) is 0 Å². The highest BCUT2D eigenvalue weighted by atomic mass is 127. The normalized spacial score (nSPS) is 10.9. The number of hydrogen-bond donors (Lipinski definition) is 1. The van der Waals surface area contributed by atoms with E-state index in [1.807, 2.05) is 26.0 Å². The number of carbonyl (C=O) groups is 1. The van der Waals surface area contributed by atoms with Crippen LogP contribution in [0.1, 0.15) is 41.8 Å². The standard InChI is InChI=1S/C27H27Cl2IN2O5/c1-4-10-36-23-9-7-18(13-24(23)35-5-2)27(33)32-31-15-17-11-22(30)26(25(12-17)34-3)37-16-19-6-8-20(28)14-21(19)29/h6-9,11-15H,4-5,10,16H2,1-3H3,(H,32,33)/b31-15+. The Kier molecular flexibility index (Phi) is 11.2. The van der Waals surface area contributed by atoms with Crippen LogP contribution in [0.15, 0.2) is 53.6 Å². The maximum absolute atomic E-state index is 12.6. The molecule has 0 aliphatic carbocycles. The van der Waals surface area contributed by atoms with Crippen LogP contribution in [0.2, 0.25) is 10.0 Å².